The Morgan fingerprint density at radius 2 is 2.00 bits per heavy atom. The van der Waals surface area contributed by atoms with E-state index in [-0.39, 0.29) is 17.8 Å². The Kier molecular flexibility index (Phi) is 3.33. The molecule has 1 aliphatic heterocycles. The van der Waals surface area contributed by atoms with E-state index in [4.69, 9.17) is 9.47 Å². The van der Waals surface area contributed by atoms with Gasteiger partial charge in [0.05, 0.1) is 19.1 Å². The molecular weight excluding hydrogens is 278 g/mol. The number of halogens is 2. The lowest BCUT2D eigenvalue weighted by Crippen LogP contribution is -2.21. The van der Waals surface area contributed by atoms with Crippen LogP contribution in [-0.4, -0.2) is 12.9 Å². The molecule has 3 nitrogen and oxygen atoms in total. The van der Waals surface area contributed by atoms with Gasteiger partial charge in [-0.15, -0.1) is 0 Å². The molecule has 0 bridgehead atoms. The largest absolute Gasteiger partial charge is 0.497 e. The molecule has 5 heteroatoms. The molecule has 0 amide bonds. The van der Waals surface area contributed by atoms with E-state index in [1.165, 1.54) is 7.11 Å². The van der Waals surface area contributed by atoms with Crippen molar-refractivity contribution >= 4 is 5.78 Å². The highest BCUT2D eigenvalue weighted by molar-refractivity contribution is 6.00. The van der Waals surface area contributed by atoms with Crippen LogP contribution in [0.15, 0.2) is 36.4 Å². The van der Waals surface area contributed by atoms with Gasteiger partial charge >= 0.3 is 0 Å². The molecule has 0 radical (unpaired) electrons. The Morgan fingerprint density at radius 3 is 2.76 bits per heavy atom. The maximum absolute atomic E-state index is 13.8. The van der Waals surface area contributed by atoms with Crippen molar-refractivity contribution < 1.29 is 23.0 Å². The number of benzene rings is 2. The summed E-state index contributed by atoms with van der Waals surface area (Å²) in [6, 6.07) is 7.94. The highest BCUT2D eigenvalue weighted by atomic mass is 19.1. The lowest BCUT2D eigenvalue weighted by Gasteiger charge is -2.26. The van der Waals surface area contributed by atoms with Gasteiger partial charge in [-0.1, -0.05) is 0 Å². The number of carbonyl (C=O) groups excluding carboxylic acids is 1. The number of carbonyl (C=O) groups is 1. The molecule has 1 unspecified atom stereocenters. The average Bonchev–Trinajstić information content (AvgIpc) is 2.49. The third-order valence-electron chi connectivity index (χ3n) is 3.43. The molecule has 0 spiro atoms. The number of fused-ring (bicyclic) bond motifs is 1. The molecule has 1 aliphatic rings. The molecular formula is C16H12F2O3. The molecule has 2 aromatic carbocycles. The molecule has 0 saturated carbocycles. The zero-order chi connectivity index (χ0) is 15.0. The van der Waals surface area contributed by atoms with E-state index in [2.05, 4.69) is 0 Å². The fourth-order valence-corrected chi connectivity index (χ4v) is 2.36. The van der Waals surface area contributed by atoms with Crippen molar-refractivity contribution in [3.05, 3.63) is 59.2 Å². The summed E-state index contributed by atoms with van der Waals surface area (Å²) < 4.78 is 37.8. The van der Waals surface area contributed by atoms with Gasteiger partial charge in [0, 0.05) is 5.56 Å². The molecule has 0 saturated heterocycles. The maximum atomic E-state index is 13.8. The van der Waals surface area contributed by atoms with Gasteiger partial charge in [-0.3, -0.25) is 4.79 Å². The van der Waals surface area contributed by atoms with Crippen LogP contribution in [0.3, 0.4) is 0 Å². The standard InChI is InChI=1S/C16H12F2O3/c1-20-10-3-5-15-12(7-10)14(19)8-16(21-15)11-6-9(17)2-4-13(11)18/h2-7,16H,8H2,1H3. The first kappa shape index (κ1) is 13.5. The fourth-order valence-electron chi connectivity index (χ4n) is 2.36. The van der Waals surface area contributed by atoms with Gasteiger partial charge in [0.1, 0.15) is 29.2 Å². The second-order valence-corrected chi connectivity index (χ2v) is 4.76. The van der Waals surface area contributed by atoms with E-state index in [1.54, 1.807) is 18.2 Å². The molecule has 0 fully saturated rings. The highest BCUT2D eigenvalue weighted by Crippen LogP contribution is 2.37. The number of Topliss-reactive ketones (excluding diaryl/α,β-unsaturated/α-hetero) is 1. The third-order valence-corrected chi connectivity index (χ3v) is 3.43. The summed E-state index contributed by atoms with van der Waals surface area (Å²) >= 11 is 0. The number of methoxy groups -OCH3 is 1. The summed E-state index contributed by atoms with van der Waals surface area (Å²) in [7, 11) is 1.50. The van der Waals surface area contributed by atoms with Gasteiger partial charge in [-0.2, -0.15) is 0 Å². The summed E-state index contributed by atoms with van der Waals surface area (Å²) in [5.41, 5.74) is 0.437. The number of hydrogen-bond donors (Lipinski definition) is 0. The zero-order valence-corrected chi connectivity index (χ0v) is 11.2. The van der Waals surface area contributed by atoms with Crippen molar-refractivity contribution in [1.29, 1.82) is 0 Å². The molecule has 0 N–H and O–H groups in total. The van der Waals surface area contributed by atoms with Crippen molar-refractivity contribution in [2.24, 2.45) is 0 Å². The second-order valence-electron chi connectivity index (χ2n) is 4.76. The van der Waals surface area contributed by atoms with Gasteiger partial charge in [0.15, 0.2) is 5.78 Å². The van der Waals surface area contributed by atoms with Gasteiger partial charge in [0.25, 0.3) is 0 Å². The van der Waals surface area contributed by atoms with E-state index in [1.807, 2.05) is 0 Å². The van der Waals surface area contributed by atoms with Crippen molar-refractivity contribution in [2.75, 3.05) is 7.11 Å². The topological polar surface area (TPSA) is 35.5 Å². The number of ketones is 1. The van der Waals surface area contributed by atoms with Gasteiger partial charge in [-0.25, -0.2) is 8.78 Å². The normalized spacial score (nSPS) is 17.1. The monoisotopic (exact) mass is 290 g/mol. The Bertz CT molecular complexity index is 713. The van der Waals surface area contributed by atoms with E-state index in [9.17, 15) is 13.6 Å². The summed E-state index contributed by atoms with van der Waals surface area (Å²) in [6.45, 7) is 0. The van der Waals surface area contributed by atoms with Crippen molar-refractivity contribution in [1.82, 2.24) is 0 Å². The first-order valence-electron chi connectivity index (χ1n) is 6.41. The highest BCUT2D eigenvalue weighted by Gasteiger charge is 2.30. The van der Waals surface area contributed by atoms with Crippen LogP contribution in [-0.2, 0) is 0 Å². The third kappa shape index (κ3) is 2.46. The summed E-state index contributed by atoms with van der Waals surface area (Å²) in [4.78, 5) is 12.2. The van der Waals surface area contributed by atoms with Crippen LogP contribution >= 0.6 is 0 Å². The summed E-state index contributed by atoms with van der Waals surface area (Å²) in [5.74, 6) is -0.459. The predicted molar refractivity (Wildman–Crippen MR) is 71.7 cm³/mol. The molecule has 21 heavy (non-hydrogen) atoms. The maximum Gasteiger partial charge on any atom is 0.170 e. The minimum atomic E-state index is -0.825. The molecule has 2 aromatic rings. The van der Waals surface area contributed by atoms with Crippen LogP contribution in [0.2, 0.25) is 0 Å². The summed E-state index contributed by atoms with van der Waals surface area (Å²) in [6.07, 6.45) is -0.866. The van der Waals surface area contributed by atoms with Crippen LogP contribution in [0, 0.1) is 11.6 Å². The molecule has 1 atom stereocenters. The lowest BCUT2D eigenvalue weighted by atomic mass is 9.96. The molecule has 108 valence electrons. The van der Waals surface area contributed by atoms with Crippen LogP contribution < -0.4 is 9.47 Å². The van der Waals surface area contributed by atoms with E-state index in [0.29, 0.717) is 17.1 Å². The zero-order valence-electron chi connectivity index (χ0n) is 11.2. The van der Waals surface area contributed by atoms with Crippen LogP contribution in [0.25, 0.3) is 0 Å². The molecule has 1 heterocycles. The van der Waals surface area contributed by atoms with Crippen LogP contribution in [0.4, 0.5) is 8.78 Å². The summed E-state index contributed by atoms with van der Waals surface area (Å²) in [5, 5.41) is 0. The van der Waals surface area contributed by atoms with Gasteiger partial charge in [-0.05, 0) is 36.4 Å². The Balaban J connectivity index is 1.98. The second kappa shape index (κ2) is 5.16. The Morgan fingerprint density at radius 1 is 1.19 bits per heavy atom. The fraction of sp³-hybridized carbons (Fsp3) is 0.188. The SMILES string of the molecule is COc1ccc2c(c1)C(=O)CC(c1cc(F)ccc1F)O2. The minimum Gasteiger partial charge on any atom is -0.497 e. The van der Waals surface area contributed by atoms with E-state index >= 15 is 0 Å². The quantitative estimate of drug-likeness (QED) is 0.846. The number of hydrogen-bond acceptors (Lipinski definition) is 3. The van der Waals surface area contributed by atoms with E-state index < -0.39 is 17.7 Å². The van der Waals surface area contributed by atoms with Crippen molar-refractivity contribution in [2.45, 2.75) is 12.5 Å². The number of ether oxygens (including phenoxy) is 2. The van der Waals surface area contributed by atoms with Crippen LogP contribution in [0.1, 0.15) is 28.4 Å². The van der Waals surface area contributed by atoms with Crippen molar-refractivity contribution in [3.63, 3.8) is 0 Å². The van der Waals surface area contributed by atoms with Gasteiger partial charge in [0.2, 0.25) is 0 Å². The molecule has 0 aromatic heterocycles. The van der Waals surface area contributed by atoms with Crippen molar-refractivity contribution in [3.8, 4) is 11.5 Å². The first-order chi connectivity index (χ1) is 10.1. The Labute approximate surface area is 120 Å². The minimum absolute atomic E-state index is 0.0411. The lowest BCUT2D eigenvalue weighted by molar-refractivity contribution is 0.0844. The smallest absolute Gasteiger partial charge is 0.170 e. The average molecular weight is 290 g/mol. The molecule has 3 rings (SSSR count). The number of rotatable bonds is 2. The Hall–Kier alpha value is -2.43. The molecule has 0 aliphatic carbocycles. The van der Waals surface area contributed by atoms with Crippen LogP contribution in [0.5, 0.6) is 11.5 Å². The van der Waals surface area contributed by atoms with E-state index in [0.717, 1.165) is 18.2 Å². The van der Waals surface area contributed by atoms with Gasteiger partial charge < -0.3 is 9.47 Å². The first-order valence-corrected chi connectivity index (χ1v) is 6.41. The predicted octanol–water partition coefficient (Wildman–Crippen LogP) is 3.68.